The maximum Gasteiger partial charge on any atom is 0.0862 e. The second-order valence-electron chi connectivity index (χ2n) is 17.6. The Hall–Kier alpha value is -3.44. The van der Waals surface area contributed by atoms with Gasteiger partial charge < -0.3 is 21.3 Å². The van der Waals surface area contributed by atoms with Crippen LogP contribution in [0.1, 0.15) is 80.4 Å². The van der Waals surface area contributed by atoms with Gasteiger partial charge in [0.15, 0.2) is 0 Å². The van der Waals surface area contributed by atoms with Gasteiger partial charge >= 0.3 is 0 Å². The van der Waals surface area contributed by atoms with Crippen LogP contribution >= 0.6 is 47.0 Å². The van der Waals surface area contributed by atoms with Crippen LogP contribution in [0.25, 0.3) is 55.6 Å². The highest BCUT2D eigenvalue weighted by Gasteiger charge is 2.16. The van der Waals surface area contributed by atoms with Gasteiger partial charge in [0.2, 0.25) is 0 Å². The molecule has 0 fully saturated rings. The van der Waals surface area contributed by atoms with E-state index in [4.69, 9.17) is 0 Å². The van der Waals surface area contributed by atoms with Crippen LogP contribution in [0.3, 0.4) is 0 Å². The number of hydrogen-bond acceptors (Lipinski definition) is 4. The Bertz CT molecular complexity index is 2390. The fourth-order valence-corrected chi connectivity index (χ4v) is 11.2. The van der Waals surface area contributed by atoms with E-state index in [-0.39, 0.29) is 29.7 Å². The third-order valence-corrected chi connectivity index (χ3v) is 15.1. The van der Waals surface area contributed by atoms with Crippen LogP contribution in [-0.4, -0.2) is 77.4 Å². The van der Waals surface area contributed by atoms with Crippen molar-refractivity contribution < 1.29 is 21.3 Å². The first kappa shape index (κ1) is 58.7. The zero-order valence-electron chi connectivity index (χ0n) is 38.4. The summed E-state index contributed by atoms with van der Waals surface area (Å²) in [6.07, 6.45) is 0. The molecule has 0 aliphatic carbocycles. The summed E-state index contributed by atoms with van der Waals surface area (Å²) in [6.45, 7) is 13.3. The fraction of sp³-hybridized carbons (Fsp3) is 0.379. The average Bonchev–Trinajstić information content (AvgIpc) is 3.27. The van der Waals surface area contributed by atoms with E-state index in [9.17, 15) is 0 Å². The van der Waals surface area contributed by atoms with E-state index in [1.54, 1.807) is 0 Å². The molecule has 0 saturated heterocycles. The third kappa shape index (κ3) is 17.0. The molecule has 0 heterocycles. The lowest BCUT2D eigenvalue weighted by atomic mass is 9.89. The monoisotopic (exact) mass is 967 g/mol. The molecule has 358 valence electrons. The molecule has 0 spiro atoms. The Labute approximate surface area is 419 Å². The summed E-state index contributed by atoms with van der Waals surface area (Å²) in [6, 6.07) is 47.2. The minimum atomic E-state index is 0. The molecule has 0 amide bonds. The highest BCUT2D eigenvalue weighted by molar-refractivity contribution is 8.00. The summed E-state index contributed by atoms with van der Waals surface area (Å²) >= 11 is 7.72. The zero-order chi connectivity index (χ0) is 44.2. The zero-order valence-corrected chi connectivity index (χ0v) is 41.7. The van der Waals surface area contributed by atoms with Gasteiger partial charge in [-0.1, -0.05) is 106 Å². The van der Waals surface area contributed by atoms with Crippen molar-refractivity contribution in [2.24, 2.45) is 0 Å². The van der Waals surface area contributed by atoms with Crippen molar-refractivity contribution in [3.63, 3.8) is 0 Å². The largest absolute Gasteiger partial charge is 0.357 e. The second kappa shape index (κ2) is 28.8. The molecule has 4 nitrogen and oxygen atoms in total. The standard InChI is InChI=1S/C54H66N4S4.4CH4/c1-37(2)41-23-43(39-11-9-13-51(31-39)61-21-17-57(5)6)27-44(24-41)49-30-50(36-54(35-49)60-20-16-56)46-26-42(38(3)4)25-45(28-46)48-29-47(33-53(34-48)59-19-15-55)40-12-10-14-52(32-40)62-22-18-58(7)8;;;;/h9-14,23-38H,15-22,55-56H2,1-8H3;4*1H4/p+4. The Morgan fingerprint density at radius 3 is 0.939 bits per heavy atom. The highest BCUT2D eigenvalue weighted by Crippen LogP contribution is 2.40. The quantitative estimate of drug-likeness (QED) is 0.0543. The molecule has 0 aliphatic heterocycles. The van der Waals surface area contributed by atoms with Crippen molar-refractivity contribution in [2.45, 2.75) is 88.8 Å². The van der Waals surface area contributed by atoms with Gasteiger partial charge in [-0.2, -0.15) is 0 Å². The molecule has 8 N–H and O–H groups in total. The number of nitrogens with one attached hydrogen (secondary N) is 2. The molecule has 6 aromatic rings. The molecular weight excluding hydrogens is 881 g/mol. The van der Waals surface area contributed by atoms with Gasteiger partial charge in [0.25, 0.3) is 0 Å². The average molecular weight is 968 g/mol. The lowest BCUT2D eigenvalue weighted by Crippen LogP contribution is -3.06. The molecular formula is C58H86N4S4+4. The SMILES string of the molecule is C.C.C.C.CC(C)c1cc(-c2cccc(SCC[NH+](C)C)c2)cc(-c2cc(SCC[NH3+])cc(-c3cc(-c4cc(SCC[NH3+])cc(-c5cccc(SCC[NH+](C)C)c5)c4)cc(C(C)C)c3)c2)c1. The van der Waals surface area contributed by atoms with Crippen molar-refractivity contribution >= 4 is 47.0 Å². The second-order valence-corrected chi connectivity index (χ2v) is 22.2. The summed E-state index contributed by atoms with van der Waals surface area (Å²) in [5.41, 5.74) is 23.7. The molecule has 0 aromatic heterocycles. The lowest BCUT2D eigenvalue weighted by molar-refractivity contribution is -0.855. The van der Waals surface area contributed by atoms with Crippen molar-refractivity contribution in [3.05, 3.63) is 132 Å². The van der Waals surface area contributed by atoms with E-state index < -0.39 is 0 Å². The van der Waals surface area contributed by atoms with Gasteiger partial charge in [-0.3, -0.25) is 0 Å². The van der Waals surface area contributed by atoms with Gasteiger partial charge in [-0.15, -0.1) is 47.0 Å². The van der Waals surface area contributed by atoms with E-state index in [2.05, 4.69) is 189 Å². The van der Waals surface area contributed by atoms with Crippen LogP contribution in [0.4, 0.5) is 0 Å². The third-order valence-electron chi connectivity index (χ3n) is 11.0. The van der Waals surface area contributed by atoms with Crippen molar-refractivity contribution in [1.82, 2.24) is 0 Å². The first-order valence-corrected chi connectivity index (χ1v) is 26.3. The minimum absolute atomic E-state index is 0. The predicted molar refractivity (Wildman–Crippen MR) is 302 cm³/mol. The predicted octanol–water partition coefficient (Wildman–Crippen LogP) is 12.0. The Morgan fingerprint density at radius 2 is 0.636 bits per heavy atom. The fourth-order valence-electron chi connectivity index (χ4n) is 7.33. The van der Waals surface area contributed by atoms with Crippen LogP contribution in [0.15, 0.2) is 141 Å². The van der Waals surface area contributed by atoms with Crippen molar-refractivity contribution in [1.29, 1.82) is 0 Å². The first-order valence-electron chi connectivity index (χ1n) is 22.4. The Balaban J connectivity index is 0.00000374. The van der Waals surface area contributed by atoms with E-state index in [1.165, 1.54) is 96.1 Å². The molecule has 0 aliphatic rings. The van der Waals surface area contributed by atoms with E-state index in [0.717, 1.165) is 49.2 Å². The topological polar surface area (TPSA) is 64.2 Å². The molecule has 0 atom stereocenters. The van der Waals surface area contributed by atoms with Crippen LogP contribution in [0.5, 0.6) is 0 Å². The molecule has 0 saturated carbocycles. The number of quaternary nitrogens is 4. The summed E-state index contributed by atoms with van der Waals surface area (Å²) < 4.78 is 0. The maximum atomic E-state index is 4.20. The van der Waals surface area contributed by atoms with Crippen LogP contribution in [0.2, 0.25) is 0 Å². The summed E-state index contributed by atoms with van der Waals surface area (Å²) in [5, 5.41) is 0. The highest BCUT2D eigenvalue weighted by atomic mass is 32.2. The minimum Gasteiger partial charge on any atom is -0.357 e. The van der Waals surface area contributed by atoms with E-state index >= 15 is 0 Å². The van der Waals surface area contributed by atoms with Gasteiger partial charge in [-0.25, -0.2) is 0 Å². The Kier molecular flexibility index (Phi) is 25.6. The van der Waals surface area contributed by atoms with Gasteiger partial charge in [0.05, 0.1) is 54.4 Å². The molecule has 0 radical (unpaired) electrons. The molecule has 0 unspecified atom stereocenters. The summed E-state index contributed by atoms with van der Waals surface area (Å²) in [4.78, 5) is 8.20. The summed E-state index contributed by atoms with van der Waals surface area (Å²) in [7, 11) is 8.90. The normalized spacial score (nSPS) is 11.1. The van der Waals surface area contributed by atoms with Crippen molar-refractivity contribution in [3.8, 4) is 55.6 Å². The van der Waals surface area contributed by atoms with Crippen LogP contribution in [0, 0.1) is 0 Å². The van der Waals surface area contributed by atoms with E-state index in [1.807, 2.05) is 47.0 Å². The number of rotatable bonds is 21. The first-order chi connectivity index (χ1) is 29.9. The molecule has 66 heavy (non-hydrogen) atoms. The molecule has 0 bridgehead atoms. The number of hydrogen-bond donors (Lipinski definition) is 4. The van der Waals surface area contributed by atoms with Crippen LogP contribution < -0.4 is 21.3 Å². The van der Waals surface area contributed by atoms with Gasteiger partial charge in [0, 0.05) is 42.6 Å². The van der Waals surface area contributed by atoms with Crippen LogP contribution in [-0.2, 0) is 0 Å². The molecule has 8 heteroatoms. The maximum absolute atomic E-state index is 4.20. The Morgan fingerprint density at radius 1 is 0.364 bits per heavy atom. The van der Waals surface area contributed by atoms with Gasteiger partial charge in [0.1, 0.15) is 0 Å². The van der Waals surface area contributed by atoms with Gasteiger partial charge in [-0.05, 0) is 151 Å². The number of thioether (sulfide) groups is 4. The lowest BCUT2D eigenvalue weighted by Gasteiger charge is -2.17. The number of benzene rings is 6. The molecule has 6 rings (SSSR count). The van der Waals surface area contributed by atoms with E-state index in [0.29, 0.717) is 11.8 Å². The molecule has 6 aromatic carbocycles. The van der Waals surface area contributed by atoms with Crippen molar-refractivity contribution in [2.75, 3.05) is 77.4 Å². The summed E-state index contributed by atoms with van der Waals surface area (Å²) in [5.74, 6) is 4.96. The smallest absolute Gasteiger partial charge is 0.0862 e.